The summed E-state index contributed by atoms with van der Waals surface area (Å²) in [4.78, 5) is 69.5. The number of nitrogens with zero attached hydrogens (tertiary/aromatic N) is 3. The average molecular weight is 535 g/mol. The zero-order chi connectivity index (χ0) is 27.8. The maximum atomic E-state index is 15.4. The van der Waals surface area contributed by atoms with E-state index in [4.69, 9.17) is 0 Å². The van der Waals surface area contributed by atoms with Crippen LogP contribution in [0, 0.1) is 5.92 Å². The van der Waals surface area contributed by atoms with Crippen LogP contribution in [0.25, 0.3) is 0 Å². The Morgan fingerprint density at radius 1 is 1.00 bits per heavy atom. The largest absolute Gasteiger partial charge is 0.378 e. The molecule has 10 heteroatoms. The highest BCUT2D eigenvalue weighted by Gasteiger charge is 2.61. The van der Waals surface area contributed by atoms with Crippen molar-refractivity contribution in [2.45, 2.75) is 50.0 Å². The van der Waals surface area contributed by atoms with Gasteiger partial charge in [-0.05, 0) is 48.7 Å². The molecule has 2 aliphatic heterocycles. The molecular formula is C29H31FN4O5. The SMILES string of the molecule is CN(C)c1ccc(C(=O)N[C@@H](CC2CCC2)C(=O)N2C[C@@H](F)[C@@H]3[C@H]2C(=O)C(=O)N3C(=O)c2ccccc2)cc1. The summed E-state index contributed by atoms with van der Waals surface area (Å²) in [5.41, 5.74) is 1.41. The van der Waals surface area contributed by atoms with Gasteiger partial charge < -0.3 is 15.1 Å². The summed E-state index contributed by atoms with van der Waals surface area (Å²) < 4.78 is 15.4. The summed E-state index contributed by atoms with van der Waals surface area (Å²) in [7, 11) is 3.76. The van der Waals surface area contributed by atoms with Crippen LogP contribution in [0.2, 0.25) is 0 Å². The van der Waals surface area contributed by atoms with E-state index in [0.29, 0.717) is 16.9 Å². The summed E-state index contributed by atoms with van der Waals surface area (Å²) >= 11 is 0. The normalized spacial score (nSPS) is 23.3. The molecule has 39 heavy (non-hydrogen) atoms. The highest BCUT2D eigenvalue weighted by atomic mass is 19.1. The van der Waals surface area contributed by atoms with Crippen molar-refractivity contribution in [1.82, 2.24) is 15.1 Å². The summed E-state index contributed by atoms with van der Waals surface area (Å²) in [6, 6.07) is 10.9. The molecule has 2 saturated heterocycles. The van der Waals surface area contributed by atoms with Gasteiger partial charge in [0.05, 0.1) is 6.54 Å². The molecule has 2 heterocycles. The van der Waals surface area contributed by atoms with Gasteiger partial charge in [0.25, 0.3) is 17.7 Å². The lowest BCUT2D eigenvalue weighted by atomic mass is 9.80. The first kappa shape index (κ1) is 26.5. The van der Waals surface area contributed by atoms with Crippen molar-refractivity contribution in [3.05, 3.63) is 65.7 Å². The minimum Gasteiger partial charge on any atom is -0.378 e. The molecule has 4 amide bonds. The first-order valence-electron chi connectivity index (χ1n) is 13.2. The molecule has 5 rings (SSSR count). The molecule has 9 nitrogen and oxygen atoms in total. The maximum Gasteiger partial charge on any atom is 0.299 e. The third-order valence-electron chi connectivity index (χ3n) is 7.96. The second-order valence-corrected chi connectivity index (χ2v) is 10.7. The molecule has 4 atom stereocenters. The smallest absolute Gasteiger partial charge is 0.299 e. The van der Waals surface area contributed by atoms with Crippen LogP contribution in [-0.4, -0.2) is 84.1 Å². The Morgan fingerprint density at radius 3 is 2.26 bits per heavy atom. The van der Waals surface area contributed by atoms with Crippen LogP contribution in [0.5, 0.6) is 0 Å². The number of hydrogen-bond acceptors (Lipinski definition) is 6. The maximum absolute atomic E-state index is 15.4. The van der Waals surface area contributed by atoms with E-state index in [-0.39, 0.29) is 11.5 Å². The quantitative estimate of drug-likeness (QED) is 0.431. The number of fused-ring (bicyclic) bond motifs is 1. The van der Waals surface area contributed by atoms with E-state index in [1.54, 1.807) is 42.5 Å². The molecule has 0 spiro atoms. The third-order valence-corrected chi connectivity index (χ3v) is 7.96. The average Bonchev–Trinajstić information content (AvgIpc) is 3.38. The Balaban J connectivity index is 1.38. The van der Waals surface area contributed by atoms with Gasteiger partial charge in [0.1, 0.15) is 24.3 Å². The van der Waals surface area contributed by atoms with Gasteiger partial charge in [0.2, 0.25) is 11.7 Å². The van der Waals surface area contributed by atoms with Crippen LogP contribution in [0.15, 0.2) is 54.6 Å². The van der Waals surface area contributed by atoms with Gasteiger partial charge in [-0.3, -0.25) is 28.9 Å². The Kier molecular flexibility index (Phi) is 7.20. The summed E-state index contributed by atoms with van der Waals surface area (Å²) in [6.07, 6.45) is 1.40. The molecule has 1 aliphatic carbocycles. The highest BCUT2D eigenvalue weighted by Crippen LogP contribution is 2.36. The van der Waals surface area contributed by atoms with Gasteiger partial charge in [0.15, 0.2) is 0 Å². The lowest BCUT2D eigenvalue weighted by Crippen LogP contribution is -2.53. The van der Waals surface area contributed by atoms with Crippen molar-refractivity contribution in [2.24, 2.45) is 5.92 Å². The third kappa shape index (κ3) is 4.91. The van der Waals surface area contributed by atoms with Crippen molar-refractivity contribution in [3.8, 4) is 0 Å². The van der Waals surface area contributed by atoms with E-state index in [9.17, 15) is 24.0 Å². The van der Waals surface area contributed by atoms with E-state index >= 15 is 4.39 Å². The van der Waals surface area contributed by atoms with Crippen molar-refractivity contribution in [3.63, 3.8) is 0 Å². The fourth-order valence-corrected chi connectivity index (χ4v) is 5.58. The lowest BCUT2D eigenvalue weighted by molar-refractivity contribution is -0.143. The molecular weight excluding hydrogens is 503 g/mol. The molecule has 0 aromatic heterocycles. The number of carbonyl (C=O) groups excluding carboxylic acids is 5. The molecule has 204 valence electrons. The number of anilines is 1. The van der Waals surface area contributed by atoms with Crippen LogP contribution in [-0.2, 0) is 14.4 Å². The molecule has 3 aliphatic rings. The van der Waals surface area contributed by atoms with Crippen LogP contribution in [0.4, 0.5) is 10.1 Å². The number of hydrogen-bond donors (Lipinski definition) is 1. The summed E-state index contributed by atoms with van der Waals surface area (Å²) in [6.45, 7) is -0.444. The van der Waals surface area contributed by atoms with Crippen LogP contribution in [0.3, 0.4) is 0 Å². The number of alkyl halides is 1. The zero-order valence-corrected chi connectivity index (χ0v) is 21.9. The van der Waals surface area contributed by atoms with Crippen molar-refractivity contribution >= 4 is 35.1 Å². The highest BCUT2D eigenvalue weighted by molar-refractivity contribution is 6.44. The Bertz CT molecular complexity index is 1290. The number of ketones is 1. The lowest BCUT2D eigenvalue weighted by Gasteiger charge is -2.32. The van der Waals surface area contributed by atoms with Gasteiger partial charge in [0, 0.05) is 30.9 Å². The van der Waals surface area contributed by atoms with Crippen molar-refractivity contribution < 1.29 is 28.4 Å². The number of Topliss-reactive ketones (excluding diaryl/α,β-unsaturated/α-hetero) is 1. The molecule has 0 bridgehead atoms. The second kappa shape index (κ2) is 10.6. The standard InChI is InChI=1S/C29H31FN4O5/c1-32(2)20-13-11-18(12-14-20)26(36)31-22(15-17-7-6-8-17)28(38)33-16-21(30)23-24(33)25(35)29(39)34(23)27(37)19-9-4-3-5-10-19/h3-5,9-14,17,21-24H,6-8,15-16H2,1-2H3,(H,31,36)/t21-,22+,23-,24+/m1/s1. The van der Waals surface area contributed by atoms with Crippen LogP contribution >= 0.6 is 0 Å². The van der Waals surface area contributed by atoms with Crippen molar-refractivity contribution in [1.29, 1.82) is 0 Å². The predicted molar refractivity (Wildman–Crippen MR) is 141 cm³/mol. The zero-order valence-electron chi connectivity index (χ0n) is 21.9. The molecule has 2 aromatic rings. The monoisotopic (exact) mass is 534 g/mol. The van der Waals surface area contributed by atoms with E-state index in [1.165, 1.54) is 12.1 Å². The fraction of sp³-hybridized carbons (Fsp3) is 0.414. The topological polar surface area (TPSA) is 107 Å². The molecule has 3 fully saturated rings. The number of carbonyl (C=O) groups is 5. The first-order chi connectivity index (χ1) is 18.7. The molecule has 0 radical (unpaired) electrons. The van der Waals surface area contributed by atoms with E-state index < -0.39 is 60.3 Å². The molecule has 1 N–H and O–H groups in total. The molecule has 1 saturated carbocycles. The van der Waals surface area contributed by atoms with Gasteiger partial charge >= 0.3 is 0 Å². The number of amides is 4. The number of nitrogens with one attached hydrogen (secondary N) is 1. The van der Waals surface area contributed by atoms with E-state index in [2.05, 4.69) is 5.32 Å². The number of benzene rings is 2. The number of rotatable bonds is 7. The van der Waals surface area contributed by atoms with Gasteiger partial charge in [-0.2, -0.15) is 0 Å². The Hall–Kier alpha value is -4.08. The fourth-order valence-electron chi connectivity index (χ4n) is 5.58. The Labute approximate surface area is 225 Å². The van der Waals surface area contributed by atoms with Crippen LogP contribution < -0.4 is 10.2 Å². The van der Waals surface area contributed by atoms with Crippen molar-refractivity contribution in [2.75, 3.05) is 25.5 Å². The number of halogens is 1. The number of likely N-dealkylation sites (tertiary alicyclic amines) is 2. The minimum atomic E-state index is -1.79. The van der Waals surface area contributed by atoms with E-state index in [1.807, 2.05) is 19.0 Å². The van der Waals surface area contributed by atoms with Crippen LogP contribution in [0.1, 0.15) is 46.4 Å². The Morgan fingerprint density at radius 2 is 1.67 bits per heavy atom. The first-order valence-corrected chi connectivity index (χ1v) is 13.2. The molecule has 0 unspecified atom stereocenters. The van der Waals surface area contributed by atoms with E-state index in [0.717, 1.165) is 29.8 Å². The van der Waals surface area contributed by atoms with Gasteiger partial charge in [-0.15, -0.1) is 0 Å². The molecule has 2 aromatic carbocycles. The van der Waals surface area contributed by atoms with Gasteiger partial charge in [-0.25, -0.2) is 4.39 Å². The number of imide groups is 1. The van der Waals surface area contributed by atoms with Gasteiger partial charge in [-0.1, -0.05) is 37.5 Å². The summed E-state index contributed by atoms with van der Waals surface area (Å²) in [5.74, 6) is -3.76. The second-order valence-electron chi connectivity index (χ2n) is 10.7. The predicted octanol–water partition coefficient (Wildman–Crippen LogP) is 2.21. The summed E-state index contributed by atoms with van der Waals surface area (Å²) in [5, 5.41) is 2.80. The minimum absolute atomic E-state index is 0.145.